The van der Waals surface area contributed by atoms with Crippen LogP contribution < -0.4 is 5.32 Å². The maximum absolute atomic E-state index is 11.3. The first-order valence-corrected chi connectivity index (χ1v) is 7.13. The van der Waals surface area contributed by atoms with E-state index in [1.165, 1.54) is 11.3 Å². The highest BCUT2D eigenvalue weighted by Crippen LogP contribution is 2.22. The fourth-order valence-electron chi connectivity index (χ4n) is 1.04. The Bertz CT molecular complexity index is 474. The number of thioether (sulfide) groups is 1. The number of ether oxygens (including phenoxy) is 1. The summed E-state index contributed by atoms with van der Waals surface area (Å²) in [7, 11) is 0. The summed E-state index contributed by atoms with van der Waals surface area (Å²) in [5, 5.41) is 12.3. The van der Waals surface area contributed by atoms with E-state index in [-0.39, 0.29) is 18.8 Å². The van der Waals surface area contributed by atoms with Crippen LogP contribution in [0.4, 0.5) is 4.79 Å². The Kier molecular flexibility index (Phi) is 6.30. The van der Waals surface area contributed by atoms with Gasteiger partial charge in [-0.3, -0.25) is 14.9 Å². The molecule has 0 aliphatic rings. The van der Waals surface area contributed by atoms with Crippen molar-refractivity contribution in [2.45, 2.75) is 17.7 Å². The Morgan fingerprint density at radius 1 is 1.53 bits per heavy atom. The molecule has 1 aromatic rings. The van der Waals surface area contributed by atoms with Gasteiger partial charge in [-0.2, -0.15) is 0 Å². The van der Waals surface area contributed by atoms with Gasteiger partial charge < -0.3 is 9.84 Å². The molecule has 0 spiro atoms. The third-order valence-corrected chi connectivity index (χ3v) is 3.78. The molecule has 1 rings (SSSR count). The molecule has 0 aliphatic carbocycles. The van der Waals surface area contributed by atoms with Crippen LogP contribution in [0.5, 0.6) is 0 Å². The number of amides is 2. The van der Waals surface area contributed by atoms with Crippen LogP contribution in [0, 0.1) is 0 Å². The minimum absolute atomic E-state index is 0.0127. The second-order valence-corrected chi connectivity index (χ2v) is 5.31. The first-order chi connectivity index (χ1) is 9.01. The number of carboxylic acid groups (broad SMARTS) is 1. The lowest BCUT2D eigenvalue weighted by Crippen LogP contribution is -2.32. The van der Waals surface area contributed by atoms with Crippen LogP contribution in [0.2, 0.25) is 0 Å². The van der Waals surface area contributed by atoms with Gasteiger partial charge in [0.05, 0.1) is 24.5 Å². The van der Waals surface area contributed by atoms with Crippen LogP contribution in [0.1, 0.15) is 12.6 Å². The van der Waals surface area contributed by atoms with Gasteiger partial charge in [-0.1, -0.05) is 11.8 Å². The minimum Gasteiger partial charge on any atom is -0.481 e. The van der Waals surface area contributed by atoms with Crippen LogP contribution in [-0.2, 0) is 20.7 Å². The van der Waals surface area contributed by atoms with E-state index in [4.69, 9.17) is 5.11 Å². The average Bonchev–Trinajstić information content (AvgIpc) is 2.73. The molecule has 1 heterocycles. The number of alkyl carbamates (subject to hydrolysis) is 1. The Labute approximate surface area is 117 Å². The zero-order valence-electron chi connectivity index (χ0n) is 10.0. The third kappa shape index (κ3) is 6.20. The number of hydrogen-bond donors (Lipinski definition) is 2. The van der Waals surface area contributed by atoms with E-state index in [9.17, 15) is 14.4 Å². The normalized spacial score (nSPS) is 9.95. The van der Waals surface area contributed by atoms with Gasteiger partial charge >= 0.3 is 12.1 Å². The first kappa shape index (κ1) is 15.4. The molecule has 1 aromatic heterocycles. The van der Waals surface area contributed by atoms with Crippen LogP contribution in [-0.4, -0.2) is 40.4 Å². The first-order valence-electron chi connectivity index (χ1n) is 5.27. The van der Waals surface area contributed by atoms with Gasteiger partial charge in [-0.25, -0.2) is 9.78 Å². The van der Waals surface area contributed by atoms with Crippen molar-refractivity contribution in [3.05, 3.63) is 11.1 Å². The van der Waals surface area contributed by atoms with Crippen molar-refractivity contribution in [1.29, 1.82) is 0 Å². The maximum atomic E-state index is 11.3. The van der Waals surface area contributed by atoms with Crippen molar-refractivity contribution in [2.75, 3.05) is 12.4 Å². The molecule has 0 fully saturated rings. The van der Waals surface area contributed by atoms with E-state index in [1.807, 2.05) is 0 Å². The summed E-state index contributed by atoms with van der Waals surface area (Å²) in [6.45, 7) is 1.83. The monoisotopic (exact) mass is 304 g/mol. The molecular formula is C10H12N2O5S2. The Morgan fingerprint density at radius 2 is 2.26 bits per heavy atom. The molecule has 9 heteroatoms. The van der Waals surface area contributed by atoms with Crippen LogP contribution in [0.25, 0.3) is 0 Å². The predicted molar refractivity (Wildman–Crippen MR) is 69.3 cm³/mol. The number of thiazole rings is 1. The summed E-state index contributed by atoms with van der Waals surface area (Å²) in [6, 6.07) is 0. The standard InChI is InChI=1S/C10H12N2O5S2/c1-2-17-9(16)12-7(13)5-19-10-11-6(4-18-10)3-8(14)15/h4H,2-3,5H2,1H3,(H,14,15)(H,12,13,16). The minimum atomic E-state index is -0.957. The van der Waals surface area contributed by atoms with Gasteiger partial charge in [0.15, 0.2) is 4.34 Å². The van der Waals surface area contributed by atoms with E-state index in [0.29, 0.717) is 10.0 Å². The van der Waals surface area contributed by atoms with Crippen molar-refractivity contribution < 1.29 is 24.2 Å². The molecule has 19 heavy (non-hydrogen) atoms. The SMILES string of the molecule is CCOC(=O)NC(=O)CSc1nc(CC(=O)O)cs1. The van der Waals surface area contributed by atoms with Gasteiger partial charge in [0, 0.05) is 5.38 Å². The summed E-state index contributed by atoms with van der Waals surface area (Å²) in [6.07, 6.45) is -0.926. The second kappa shape index (κ2) is 7.74. The third-order valence-electron chi connectivity index (χ3n) is 1.71. The highest BCUT2D eigenvalue weighted by molar-refractivity contribution is 8.01. The number of nitrogens with one attached hydrogen (secondary N) is 1. The van der Waals surface area contributed by atoms with Crippen molar-refractivity contribution in [2.24, 2.45) is 0 Å². The van der Waals surface area contributed by atoms with Gasteiger partial charge in [0.2, 0.25) is 5.91 Å². The number of imide groups is 1. The summed E-state index contributed by atoms with van der Waals surface area (Å²) in [4.78, 5) is 36.8. The molecule has 0 aromatic carbocycles. The molecular weight excluding hydrogens is 292 g/mol. The summed E-state index contributed by atoms with van der Waals surface area (Å²) < 4.78 is 5.13. The smallest absolute Gasteiger partial charge is 0.413 e. The highest BCUT2D eigenvalue weighted by Gasteiger charge is 2.11. The molecule has 0 unspecified atom stereocenters. The summed E-state index contributed by atoms with van der Waals surface area (Å²) >= 11 is 2.39. The number of carbonyl (C=O) groups excluding carboxylic acids is 2. The fraction of sp³-hybridized carbons (Fsp3) is 0.400. The van der Waals surface area contributed by atoms with Gasteiger partial charge in [0.1, 0.15) is 0 Å². The number of carbonyl (C=O) groups is 3. The molecule has 0 radical (unpaired) electrons. The number of nitrogens with zero attached hydrogens (tertiary/aromatic N) is 1. The number of carboxylic acids is 1. The average molecular weight is 304 g/mol. The molecule has 0 saturated carbocycles. The zero-order valence-corrected chi connectivity index (χ0v) is 11.7. The molecule has 0 saturated heterocycles. The summed E-state index contributed by atoms with van der Waals surface area (Å²) in [5.74, 6) is -1.43. The lowest BCUT2D eigenvalue weighted by atomic mass is 10.3. The number of aromatic nitrogens is 1. The second-order valence-electron chi connectivity index (χ2n) is 3.23. The van der Waals surface area contributed by atoms with E-state index in [2.05, 4.69) is 15.0 Å². The van der Waals surface area contributed by atoms with E-state index in [0.717, 1.165) is 11.8 Å². The Morgan fingerprint density at radius 3 is 2.89 bits per heavy atom. The lowest BCUT2D eigenvalue weighted by molar-refractivity contribution is -0.136. The van der Waals surface area contributed by atoms with E-state index >= 15 is 0 Å². The number of hydrogen-bond acceptors (Lipinski definition) is 7. The highest BCUT2D eigenvalue weighted by atomic mass is 32.2. The topological polar surface area (TPSA) is 106 Å². The quantitative estimate of drug-likeness (QED) is 0.759. The van der Waals surface area contributed by atoms with Crippen molar-refractivity contribution in [3.8, 4) is 0 Å². The molecule has 104 valence electrons. The zero-order chi connectivity index (χ0) is 14.3. The molecule has 2 N–H and O–H groups in total. The fourth-order valence-corrected chi connectivity index (χ4v) is 2.68. The lowest BCUT2D eigenvalue weighted by Gasteiger charge is -2.02. The molecule has 2 amide bonds. The van der Waals surface area contributed by atoms with Gasteiger partial charge in [-0.15, -0.1) is 11.3 Å². The molecule has 0 aliphatic heterocycles. The predicted octanol–water partition coefficient (Wildman–Crippen LogP) is 1.14. The number of aliphatic carboxylic acids is 1. The van der Waals surface area contributed by atoms with Crippen molar-refractivity contribution >= 4 is 41.1 Å². The van der Waals surface area contributed by atoms with Gasteiger partial charge in [-0.05, 0) is 6.92 Å². The van der Waals surface area contributed by atoms with Crippen molar-refractivity contribution in [1.82, 2.24) is 10.3 Å². The Balaban J connectivity index is 2.35. The van der Waals surface area contributed by atoms with Gasteiger partial charge in [0.25, 0.3) is 0 Å². The van der Waals surface area contributed by atoms with Crippen LogP contribution in [0.3, 0.4) is 0 Å². The van der Waals surface area contributed by atoms with Crippen LogP contribution in [0.15, 0.2) is 9.72 Å². The van der Waals surface area contributed by atoms with E-state index < -0.39 is 18.0 Å². The molecule has 0 bridgehead atoms. The molecule has 7 nitrogen and oxygen atoms in total. The summed E-state index contributed by atoms with van der Waals surface area (Å²) in [5.41, 5.74) is 0.450. The van der Waals surface area contributed by atoms with Crippen LogP contribution >= 0.6 is 23.1 Å². The Hall–Kier alpha value is -1.61. The largest absolute Gasteiger partial charge is 0.481 e. The molecule has 0 atom stereocenters. The van der Waals surface area contributed by atoms with E-state index in [1.54, 1.807) is 12.3 Å². The maximum Gasteiger partial charge on any atom is 0.413 e. The van der Waals surface area contributed by atoms with Crippen molar-refractivity contribution in [3.63, 3.8) is 0 Å². The number of rotatable bonds is 6.